The molecule has 19 heavy (non-hydrogen) atoms. The number of nitrogen functional groups attached to an aromatic ring is 1. The summed E-state index contributed by atoms with van der Waals surface area (Å²) in [5.74, 6) is -0.448. The van der Waals surface area contributed by atoms with Crippen molar-refractivity contribution in [3.63, 3.8) is 0 Å². The monoisotopic (exact) mass is 263 g/mol. The van der Waals surface area contributed by atoms with Gasteiger partial charge in [0.15, 0.2) is 0 Å². The maximum absolute atomic E-state index is 11.1. The predicted octanol–water partition coefficient (Wildman–Crippen LogP) is 0.979. The smallest absolute Gasteiger partial charge is 0.248 e. The number of anilines is 1. The molecule has 4 N–H and O–H groups in total. The Kier molecular flexibility index (Phi) is 4.39. The van der Waals surface area contributed by atoms with Crippen molar-refractivity contribution in [3.05, 3.63) is 29.3 Å². The molecule has 1 aliphatic rings. The van der Waals surface area contributed by atoms with Crippen LogP contribution in [0, 0.1) is 0 Å². The summed E-state index contributed by atoms with van der Waals surface area (Å²) in [4.78, 5) is 13.4. The molecule has 1 unspecified atom stereocenters. The molecule has 1 aromatic rings. The van der Waals surface area contributed by atoms with Gasteiger partial charge in [-0.15, -0.1) is 0 Å². The van der Waals surface area contributed by atoms with E-state index in [1.165, 1.54) is 0 Å². The van der Waals surface area contributed by atoms with Crippen LogP contribution in [0.1, 0.15) is 28.8 Å². The third-order valence-corrected chi connectivity index (χ3v) is 3.62. The summed E-state index contributed by atoms with van der Waals surface area (Å²) >= 11 is 0. The second kappa shape index (κ2) is 6.04. The van der Waals surface area contributed by atoms with E-state index in [1.54, 1.807) is 19.2 Å². The predicted molar refractivity (Wildman–Crippen MR) is 74.7 cm³/mol. The highest BCUT2D eigenvalue weighted by Gasteiger charge is 2.20. The van der Waals surface area contributed by atoms with E-state index in [4.69, 9.17) is 16.2 Å². The minimum absolute atomic E-state index is 0.305. The van der Waals surface area contributed by atoms with Crippen LogP contribution in [0.2, 0.25) is 0 Å². The van der Waals surface area contributed by atoms with E-state index in [9.17, 15) is 4.79 Å². The largest absolute Gasteiger partial charge is 0.398 e. The normalized spacial score (nSPS) is 20.4. The molecule has 0 spiro atoms. The molecule has 5 heteroatoms. The third-order valence-electron chi connectivity index (χ3n) is 3.62. The zero-order chi connectivity index (χ0) is 13.8. The SMILES string of the molecule is COC1CCCN(Cc2ccc(C(N)=O)cc2N)C1. The number of likely N-dealkylation sites (tertiary alicyclic amines) is 1. The summed E-state index contributed by atoms with van der Waals surface area (Å²) in [6.07, 6.45) is 2.56. The molecule has 1 aliphatic heterocycles. The number of nitrogens with zero attached hydrogens (tertiary/aromatic N) is 1. The number of carbonyl (C=O) groups is 1. The Morgan fingerprint density at radius 1 is 1.53 bits per heavy atom. The van der Waals surface area contributed by atoms with Crippen LogP contribution >= 0.6 is 0 Å². The molecule has 0 saturated carbocycles. The second-order valence-electron chi connectivity index (χ2n) is 5.01. The average Bonchev–Trinajstić information content (AvgIpc) is 2.41. The first kappa shape index (κ1) is 13.8. The molecule has 104 valence electrons. The van der Waals surface area contributed by atoms with Gasteiger partial charge < -0.3 is 16.2 Å². The van der Waals surface area contributed by atoms with Crippen molar-refractivity contribution in [2.45, 2.75) is 25.5 Å². The van der Waals surface area contributed by atoms with E-state index in [2.05, 4.69) is 4.90 Å². The van der Waals surface area contributed by atoms with E-state index in [-0.39, 0.29) is 0 Å². The number of ether oxygens (including phenoxy) is 1. The number of benzene rings is 1. The van der Waals surface area contributed by atoms with Gasteiger partial charge in [-0.25, -0.2) is 0 Å². The summed E-state index contributed by atoms with van der Waals surface area (Å²) in [5.41, 5.74) is 13.3. The minimum Gasteiger partial charge on any atom is -0.398 e. The number of hydrogen-bond acceptors (Lipinski definition) is 4. The lowest BCUT2D eigenvalue weighted by atomic mass is 10.0. The van der Waals surface area contributed by atoms with Crippen molar-refractivity contribution < 1.29 is 9.53 Å². The molecule has 1 heterocycles. The van der Waals surface area contributed by atoms with Gasteiger partial charge in [-0.2, -0.15) is 0 Å². The summed E-state index contributed by atoms with van der Waals surface area (Å²) in [6, 6.07) is 5.26. The number of carbonyl (C=O) groups excluding carboxylic acids is 1. The van der Waals surface area contributed by atoms with Crippen LogP contribution in [-0.4, -0.2) is 37.1 Å². The van der Waals surface area contributed by atoms with E-state index in [0.717, 1.165) is 38.0 Å². The topological polar surface area (TPSA) is 81.6 Å². The highest BCUT2D eigenvalue weighted by Crippen LogP contribution is 2.20. The first-order valence-electron chi connectivity index (χ1n) is 6.53. The maximum Gasteiger partial charge on any atom is 0.248 e. The quantitative estimate of drug-likeness (QED) is 0.793. The molecular weight excluding hydrogens is 242 g/mol. The molecule has 1 aromatic carbocycles. The number of methoxy groups -OCH3 is 1. The highest BCUT2D eigenvalue weighted by atomic mass is 16.5. The van der Waals surface area contributed by atoms with Crippen molar-refractivity contribution >= 4 is 11.6 Å². The van der Waals surface area contributed by atoms with Crippen molar-refractivity contribution in [1.82, 2.24) is 4.90 Å². The van der Waals surface area contributed by atoms with Crippen LogP contribution in [0.15, 0.2) is 18.2 Å². The number of nitrogens with two attached hydrogens (primary N) is 2. The third kappa shape index (κ3) is 3.45. The number of primary amides is 1. The Morgan fingerprint density at radius 2 is 2.32 bits per heavy atom. The van der Waals surface area contributed by atoms with Crippen molar-refractivity contribution in [2.75, 3.05) is 25.9 Å². The number of rotatable bonds is 4. The van der Waals surface area contributed by atoms with Gasteiger partial charge in [0.2, 0.25) is 5.91 Å². The molecule has 1 atom stereocenters. The van der Waals surface area contributed by atoms with Crippen LogP contribution in [0.5, 0.6) is 0 Å². The number of piperidine rings is 1. The summed E-state index contributed by atoms with van der Waals surface area (Å²) in [5, 5.41) is 0. The zero-order valence-electron chi connectivity index (χ0n) is 11.3. The Balaban J connectivity index is 2.04. The highest BCUT2D eigenvalue weighted by molar-refractivity contribution is 5.93. The molecule has 0 aliphatic carbocycles. The average molecular weight is 263 g/mol. The van der Waals surface area contributed by atoms with E-state index >= 15 is 0 Å². The van der Waals surface area contributed by atoms with Gasteiger partial charge in [0, 0.05) is 31.5 Å². The molecule has 1 fully saturated rings. The molecule has 1 saturated heterocycles. The van der Waals surface area contributed by atoms with Gasteiger partial charge in [-0.1, -0.05) is 6.07 Å². The van der Waals surface area contributed by atoms with E-state index < -0.39 is 5.91 Å². The summed E-state index contributed by atoms with van der Waals surface area (Å²) in [6.45, 7) is 2.76. The Morgan fingerprint density at radius 3 is 2.95 bits per heavy atom. The number of amides is 1. The first-order chi connectivity index (χ1) is 9.10. The first-order valence-corrected chi connectivity index (χ1v) is 6.53. The summed E-state index contributed by atoms with van der Waals surface area (Å²) < 4.78 is 5.41. The van der Waals surface area contributed by atoms with Gasteiger partial charge in [0.05, 0.1) is 6.10 Å². The van der Waals surface area contributed by atoms with Crippen LogP contribution in [0.25, 0.3) is 0 Å². The molecule has 0 radical (unpaired) electrons. The van der Waals surface area contributed by atoms with E-state index in [0.29, 0.717) is 17.4 Å². The second-order valence-corrected chi connectivity index (χ2v) is 5.01. The fourth-order valence-electron chi connectivity index (χ4n) is 2.48. The summed E-state index contributed by atoms with van der Waals surface area (Å²) in [7, 11) is 1.75. The molecule has 2 rings (SSSR count). The molecule has 0 bridgehead atoms. The molecule has 1 amide bonds. The molecule has 0 aromatic heterocycles. The van der Waals surface area contributed by atoms with Crippen molar-refractivity contribution in [2.24, 2.45) is 5.73 Å². The van der Waals surface area contributed by atoms with Crippen LogP contribution in [0.4, 0.5) is 5.69 Å². The minimum atomic E-state index is -0.448. The van der Waals surface area contributed by atoms with E-state index in [1.807, 2.05) is 6.07 Å². The van der Waals surface area contributed by atoms with Crippen LogP contribution in [-0.2, 0) is 11.3 Å². The molecule has 5 nitrogen and oxygen atoms in total. The zero-order valence-corrected chi connectivity index (χ0v) is 11.3. The van der Waals surface area contributed by atoms with Crippen LogP contribution in [0.3, 0.4) is 0 Å². The van der Waals surface area contributed by atoms with Gasteiger partial charge in [-0.05, 0) is 37.1 Å². The van der Waals surface area contributed by atoms with Gasteiger partial charge in [0.25, 0.3) is 0 Å². The van der Waals surface area contributed by atoms with Crippen LogP contribution < -0.4 is 11.5 Å². The standard InChI is InChI=1S/C14H21N3O2/c1-19-12-3-2-6-17(9-12)8-11-5-4-10(14(16)18)7-13(11)15/h4-5,7,12H,2-3,6,8-9,15H2,1H3,(H2,16,18). The number of hydrogen-bond donors (Lipinski definition) is 2. The van der Waals surface area contributed by atoms with Gasteiger partial charge in [-0.3, -0.25) is 9.69 Å². The Hall–Kier alpha value is -1.59. The van der Waals surface area contributed by atoms with Crippen molar-refractivity contribution in [3.8, 4) is 0 Å². The lowest BCUT2D eigenvalue weighted by molar-refractivity contribution is 0.0286. The fraction of sp³-hybridized carbons (Fsp3) is 0.500. The van der Waals surface area contributed by atoms with Gasteiger partial charge >= 0.3 is 0 Å². The van der Waals surface area contributed by atoms with Crippen molar-refractivity contribution in [1.29, 1.82) is 0 Å². The Bertz CT molecular complexity index is 462. The van der Waals surface area contributed by atoms with Gasteiger partial charge in [0.1, 0.15) is 0 Å². The Labute approximate surface area is 113 Å². The fourth-order valence-corrected chi connectivity index (χ4v) is 2.48. The lowest BCUT2D eigenvalue weighted by Gasteiger charge is -2.32. The molecular formula is C14H21N3O2. The lowest BCUT2D eigenvalue weighted by Crippen LogP contribution is -2.38. The maximum atomic E-state index is 11.1.